The summed E-state index contributed by atoms with van der Waals surface area (Å²) in [4.78, 5) is 27.4. The molecule has 1 aromatic carbocycles. The predicted octanol–water partition coefficient (Wildman–Crippen LogP) is 2.59. The minimum Gasteiger partial charge on any atom is -0.445 e. The van der Waals surface area contributed by atoms with Gasteiger partial charge < -0.3 is 29.3 Å². The summed E-state index contributed by atoms with van der Waals surface area (Å²) in [5.41, 5.74) is 1.55. The van der Waals surface area contributed by atoms with Crippen LogP contribution < -0.4 is 5.32 Å². The Morgan fingerprint density at radius 2 is 1.59 bits per heavy atom. The summed E-state index contributed by atoms with van der Waals surface area (Å²) in [6, 6.07) is 7.22. The van der Waals surface area contributed by atoms with E-state index in [0.717, 1.165) is 25.1 Å². The lowest BCUT2D eigenvalue weighted by Crippen LogP contribution is -2.33. The maximum absolute atomic E-state index is 11.9. The molecule has 29 heavy (non-hydrogen) atoms. The van der Waals surface area contributed by atoms with E-state index < -0.39 is 0 Å². The molecule has 0 saturated heterocycles. The average Bonchev–Trinajstić information content (AvgIpc) is 2.70. The molecule has 1 N–H and O–H groups in total. The molecule has 0 atom stereocenters. The van der Waals surface area contributed by atoms with Gasteiger partial charge in [0.15, 0.2) is 0 Å². The summed E-state index contributed by atoms with van der Waals surface area (Å²) < 4.78 is 16.0. The zero-order valence-electron chi connectivity index (χ0n) is 18.1. The highest BCUT2D eigenvalue weighted by Gasteiger charge is 2.10. The molecule has 0 aliphatic rings. The minimum atomic E-state index is -0.357. The number of benzene rings is 1. The van der Waals surface area contributed by atoms with Crippen molar-refractivity contribution in [1.82, 2.24) is 9.80 Å². The van der Waals surface area contributed by atoms with Gasteiger partial charge >= 0.3 is 6.09 Å². The van der Waals surface area contributed by atoms with Gasteiger partial charge in [0.1, 0.15) is 6.61 Å². The average molecular weight is 410 g/mol. The molecular weight excluding hydrogens is 374 g/mol. The van der Waals surface area contributed by atoms with Crippen LogP contribution in [0.1, 0.15) is 25.3 Å². The zero-order chi connectivity index (χ0) is 21.5. The molecule has 8 heteroatoms. The summed E-state index contributed by atoms with van der Waals surface area (Å²) in [6.45, 7) is 5.74. The van der Waals surface area contributed by atoms with Crippen LogP contribution in [0.15, 0.2) is 24.3 Å². The Morgan fingerprint density at radius 1 is 0.931 bits per heavy atom. The summed E-state index contributed by atoms with van der Waals surface area (Å²) in [6.07, 6.45) is 0.911. The lowest BCUT2D eigenvalue weighted by atomic mass is 10.2. The van der Waals surface area contributed by atoms with E-state index in [4.69, 9.17) is 14.2 Å². The summed E-state index contributed by atoms with van der Waals surface area (Å²) in [5.74, 6) is -0.110. The number of carbonyl (C=O) groups excluding carboxylic acids is 2. The van der Waals surface area contributed by atoms with Crippen molar-refractivity contribution in [1.29, 1.82) is 0 Å². The summed E-state index contributed by atoms with van der Waals surface area (Å²) in [7, 11) is 5.62. The van der Waals surface area contributed by atoms with Crippen LogP contribution >= 0.6 is 0 Å². The third-order valence-corrected chi connectivity index (χ3v) is 3.99. The van der Waals surface area contributed by atoms with E-state index in [0.29, 0.717) is 32.1 Å². The number of nitrogens with zero attached hydrogens (tertiary/aromatic N) is 2. The van der Waals surface area contributed by atoms with Crippen molar-refractivity contribution in [2.45, 2.75) is 26.4 Å². The van der Waals surface area contributed by atoms with Crippen molar-refractivity contribution >= 4 is 17.7 Å². The van der Waals surface area contributed by atoms with Crippen molar-refractivity contribution in [3.8, 4) is 0 Å². The fourth-order valence-electron chi connectivity index (χ4n) is 2.24. The third-order valence-electron chi connectivity index (χ3n) is 3.99. The van der Waals surface area contributed by atoms with Gasteiger partial charge in [0.05, 0.1) is 26.2 Å². The highest BCUT2D eigenvalue weighted by molar-refractivity contribution is 5.90. The molecule has 0 bridgehead atoms. The van der Waals surface area contributed by atoms with Crippen LogP contribution in [-0.2, 0) is 25.6 Å². The smallest absolute Gasteiger partial charge is 0.409 e. The first-order valence-electron chi connectivity index (χ1n) is 9.99. The molecule has 1 aromatic rings. The Morgan fingerprint density at radius 3 is 2.21 bits per heavy atom. The number of hydrogen-bond donors (Lipinski definition) is 1. The number of rotatable bonds is 14. The maximum Gasteiger partial charge on any atom is 0.409 e. The second-order valence-corrected chi connectivity index (χ2v) is 7.00. The summed E-state index contributed by atoms with van der Waals surface area (Å²) >= 11 is 0. The van der Waals surface area contributed by atoms with E-state index in [2.05, 4.69) is 12.2 Å². The topological polar surface area (TPSA) is 80.3 Å². The highest BCUT2D eigenvalue weighted by Crippen LogP contribution is 2.11. The van der Waals surface area contributed by atoms with Crippen LogP contribution in [0.3, 0.4) is 0 Å². The van der Waals surface area contributed by atoms with Crippen molar-refractivity contribution < 1.29 is 23.8 Å². The number of anilines is 1. The standard InChI is InChI=1S/C21H35N3O5/c1-5-13-27-15-16-28-14-10-20(25)22-19-8-6-18(7-9-19)17-29-21(26)24(4)12-11-23(2)3/h6-9H,5,10-17H2,1-4H3,(H,22,25). The molecule has 2 amide bonds. The Hall–Kier alpha value is -2.16. The summed E-state index contributed by atoms with van der Waals surface area (Å²) in [5, 5.41) is 2.82. The largest absolute Gasteiger partial charge is 0.445 e. The van der Waals surface area contributed by atoms with Crippen LogP contribution in [0.4, 0.5) is 10.5 Å². The molecular formula is C21H35N3O5. The molecule has 1 rings (SSSR count). The van der Waals surface area contributed by atoms with Gasteiger partial charge in [-0.1, -0.05) is 19.1 Å². The molecule has 0 unspecified atom stereocenters. The van der Waals surface area contributed by atoms with Crippen LogP contribution in [0, 0.1) is 0 Å². The van der Waals surface area contributed by atoms with Gasteiger partial charge in [0.2, 0.25) is 5.91 Å². The van der Waals surface area contributed by atoms with Crippen molar-refractivity contribution in [3.63, 3.8) is 0 Å². The molecule has 0 saturated carbocycles. The molecule has 0 aromatic heterocycles. The van der Waals surface area contributed by atoms with Gasteiger partial charge in [-0.3, -0.25) is 4.79 Å². The molecule has 0 aliphatic heterocycles. The normalized spacial score (nSPS) is 10.8. The van der Waals surface area contributed by atoms with Gasteiger partial charge in [0.25, 0.3) is 0 Å². The molecule has 0 heterocycles. The van der Waals surface area contributed by atoms with E-state index in [1.165, 1.54) is 0 Å². The first-order chi connectivity index (χ1) is 13.9. The van der Waals surface area contributed by atoms with Gasteiger partial charge in [-0.25, -0.2) is 4.79 Å². The van der Waals surface area contributed by atoms with E-state index >= 15 is 0 Å². The van der Waals surface area contributed by atoms with Crippen molar-refractivity contribution in [2.75, 3.05) is 66.0 Å². The number of amides is 2. The third kappa shape index (κ3) is 12.1. The van der Waals surface area contributed by atoms with Crippen molar-refractivity contribution in [2.24, 2.45) is 0 Å². The van der Waals surface area contributed by atoms with Crippen LogP contribution in [0.5, 0.6) is 0 Å². The van der Waals surface area contributed by atoms with Gasteiger partial charge in [-0.05, 0) is 38.2 Å². The molecule has 0 radical (unpaired) electrons. The quantitative estimate of drug-likeness (QED) is 0.476. The lowest BCUT2D eigenvalue weighted by molar-refractivity contribution is -0.117. The Kier molecular flexibility index (Phi) is 12.7. The molecule has 164 valence electrons. The van der Waals surface area contributed by atoms with E-state index in [-0.39, 0.29) is 25.0 Å². The number of hydrogen-bond acceptors (Lipinski definition) is 6. The molecule has 8 nitrogen and oxygen atoms in total. The minimum absolute atomic E-state index is 0.110. The first-order valence-corrected chi connectivity index (χ1v) is 9.99. The highest BCUT2D eigenvalue weighted by atomic mass is 16.6. The van der Waals surface area contributed by atoms with E-state index in [9.17, 15) is 9.59 Å². The Balaban J connectivity index is 2.24. The van der Waals surface area contributed by atoms with Crippen LogP contribution in [0.25, 0.3) is 0 Å². The Bertz CT molecular complexity index is 592. The maximum atomic E-state index is 11.9. The number of likely N-dealkylation sites (N-methyl/N-ethyl adjacent to an activating group) is 2. The van der Waals surface area contributed by atoms with Crippen molar-refractivity contribution in [3.05, 3.63) is 29.8 Å². The van der Waals surface area contributed by atoms with Gasteiger partial charge in [-0.2, -0.15) is 0 Å². The van der Waals surface area contributed by atoms with E-state index in [1.807, 2.05) is 31.1 Å². The fraction of sp³-hybridized carbons (Fsp3) is 0.619. The molecule has 0 fully saturated rings. The zero-order valence-corrected chi connectivity index (χ0v) is 18.1. The monoisotopic (exact) mass is 409 g/mol. The molecule has 0 aliphatic carbocycles. The SMILES string of the molecule is CCCOCCOCCC(=O)Nc1ccc(COC(=O)N(C)CCN(C)C)cc1. The first kappa shape index (κ1) is 24.9. The second kappa shape index (κ2) is 14.8. The number of ether oxygens (including phenoxy) is 3. The Labute approximate surface area is 174 Å². The van der Waals surface area contributed by atoms with E-state index in [1.54, 1.807) is 24.1 Å². The second-order valence-electron chi connectivity index (χ2n) is 7.00. The molecule has 0 spiro atoms. The fourth-order valence-corrected chi connectivity index (χ4v) is 2.24. The lowest BCUT2D eigenvalue weighted by Gasteiger charge is -2.19. The predicted molar refractivity (Wildman–Crippen MR) is 113 cm³/mol. The van der Waals surface area contributed by atoms with Crippen LogP contribution in [0.2, 0.25) is 0 Å². The number of nitrogens with one attached hydrogen (secondary N) is 1. The van der Waals surface area contributed by atoms with Gasteiger partial charge in [0, 0.05) is 32.4 Å². The van der Waals surface area contributed by atoms with Gasteiger partial charge in [-0.15, -0.1) is 0 Å². The number of carbonyl (C=O) groups is 2. The van der Waals surface area contributed by atoms with Crippen LogP contribution in [-0.4, -0.2) is 82.5 Å².